The third kappa shape index (κ3) is 4.69. The zero-order chi connectivity index (χ0) is 21.9. The Hall–Kier alpha value is -2.36. The molecular weight excluding hydrogens is 434 g/mol. The molecule has 0 bridgehead atoms. The molecule has 1 atom stereocenters. The molecule has 0 radical (unpaired) electrons. The van der Waals surface area contributed by atoms with Crippen LogP contribution >= 0.6 is 11.6 Å². The van der Waals surface area contributed by atoms with E-state index in [1.54, 1.807) is 0 Å². The molecule has 0 spiro atoms. The lowest BCUT2D eigenvalue weighted by molar-refractivity contribution is 0.0453. The van der Waals surface area contributed by atoms with E-state index in [4.69, 9.17) is 20.8 Å². The first-order valence-electron chi connectivity index (χ1n) is 9.35. The molecule has 0 N–H and O–H groups in total. The molecule has 0 amide bonds. The molecule has 1 aromatic carbocycles. The van der Waals surface area contributed by atoms with Crippen molar-refractivity contribution >= 4 is 33.6 Å². The van der Waals surface area contributed by atoms with Gasteiger partial charge in [-0.2, -0.15) is 4.31 Å². The Morgan fingerprint density at radius 2 is 2.03 bits per heavy atom. The summed E-state index contributed by atoms with van der Waals surface area (Å²) in [6.45, 7) is 2.57. The SMILES string of the molecule is COC(=O)c1occc1COC(=O)c1ccc(Cl)c(S(=O)(=O)N2CCCC(C)C2)c1. The van der Waals surface area contributed by atoms with E-state index in [1.165, 1.54) is 41.9 Å². The van der Waals surface area contributed by atoms with E-state index >= 15 is 0 Å². The molecule has 10 heteroatoms. The van der Waals surface area contributed by atoms with Gasteiger partial charge in [0.1, 0.15) is 11.5 Å². The van der Waals surface area contributed by atoms with Gasteiger partial charge >= 0.3 is 11.9 Å². The summed E-state index contributed by atoms with van der Waals surface area (Å²) in [4.78, 5) is 24.0. The van der Waals surface area contributed by atoms with Crippen LogP contribution in [0.3, 0.4) is 0 Å². The number of benzene rings is 1. The third-order valence-corrected chi connectivity index (χ3v) is 7.23. The van der Waals surface area contributed by atoms with Crippen LogP contribution < -0.4 is 0 Å². The lowest BCUT2D eigenvalue weighted by Crippen LogP contribution is -2.39. The fourth-order valence-electron chi connectivity index (χ4n) is 3.28. The van der Waals surface area contributed by atoms with Crippen LogP contribution in [0.1, 0.15) is 46.2 Å². The van der Waals surface area contributed by atoms with Gasteiger partial charge in [0.05, 0.1) is 24.0 Å². The average Bonchev–Trinajstić information content (AvgIpc) is 3.20. The fourth-order valence-corrected chi connectivity index (χ4v) is 5.38. The Balaban J connectivity index is 1.78. The first-order chi connectivity index (χ1) is 14.2. The maximum Gasteiger partial charge on any atom is 0.374 e. The molecule has 0 saturated carbocycles. The standard InChI is InChI=1S/C20H22ClNO7S/c1-13-4-3-8-22(11-13)30(25,26)17-10-14(5-6-16(17)21)19(23)29-12-15-7-9-28-18(15)20(24)27-2/h5-7,9-10,13H,3-4,8,11-12H2,1-2H3. The average molecular weight is 456 g/mol. The molecule has 1 aliphatic heterocycles. The number of rotatable bonds is 6. The van der Waals surface area contributed by atoms with Crippen molar-refractivity contribution in [3.05, 3.63) is 52.4 Å². The van der Waals surface area contributed by atoms with Crippen molar-refractivity contribution in [2.75, 3.05) is 20.2 Å². The number of halogens is 1. The lowest BCUT2D eigenvalue weighted by atomic mass is 10.0. The van der Waals surface area contributed by atoms with Crippen molar-refractivity contribution in [1.82, 2.24) is 4.31 Å². The van der Waals surface area contributed by atoms with E-state index in [9.17, 15) is 18.0 Å². The second-order valence-electron chi connectivity index (χ2n) is 7.10. The number of methoxy groups -OCH3 is 1. The molecular formula is C20H22ClNO7S. The summed E-state index contributed by atoms with van der Waals surface area (Å²) in [5.41, 5.74) is 0.366. The number of carbonyl (C=O) groups excluding carboxylic acids is 2. The van der Waals surface area contributed by atoms with Crippen LogP contribution in [0, 0.1) is 5.92 Å². The maximum absolute atomic E-state index is 13.1. The summed E-state index contributed by atoms with van der Waals surface area (Å²) >= 11 is 6.15. The highest BCUT2D eigenvalue weighted by atomic mass is 35.5. The second-order valence-corrected chi connectivity index (χ2v) is 9.41. The number of furan rings is 1. The molecule has 0 aliphatic carbocycles. The molecule has 1 fully saturated rings. The minimum absolute atomic E-state index is 0.0335. The quantitative estimate of drug-likeness (QED) is 0.614. The number of ether oxygens (including phenoxy) is 2. The highest BCUT2D eigenvalue weighted by molar-refractivity contribution is 7.89. The van der Waals surface area contributed by atoms with Crippen molar-refractivity contribution < 1.29 is 31.9 Å². The molecule has 1 aromatic heterocycles. The van der Waals surface area contributed by atoms with Crippen LogP contribution in [0.4, 0.5) is 0 Å². The largest absolute Gasteiger partial charge is 0.463 e. The summed E-state index contributed by atoms with van der Waals surface area (Å²) < 4.78 is 42.4. The van der Waals surface area contributed by atoms with Crippen LogP contribution in [0.15, 0.2) is 39.8 Å². The fraction of sp³-hybridized carbons (Fsp3) is 0.400. The van der Waals surface area contributed by atoms with Gasteiger partial charge in [0.2, 0.25) is 15.8 Å². The van der Waals surface area contributed by atoms with E-state index in [0.29, 0.717) is 18.7 Å². The van der Waals surface area contributed by atoms with E-state index in [-0.39, 0.29) is 33.8 Å². The van der Waals surface area contributed by atoms with Crippen molar-refractivity contribution in [2.24, 2.45) is 5.92 Å². The summed E-state index contributed by atoms with van der Waals surface area (Å²) in [6, 6.07) is 5.44. The van der Waals surface area contributed by atoms with Crippen LogP contribution in [0.5, 0.6) is 0 Å². The van der Waals surface area contributed by atoms with Crippen LogP contribution in [0.2, 0.25) is 5.02 Å². The maximum atomic E-state index is 13.1. The summed E-state index contributed by atoms with van der Waals surface area (Å²) in [5, 5.41) is 0.0348. The highest BCUT2D eigenvalue weighted by Gasteiger charge is 2.31. The van der Waals surface area contributed by atoms with Crippen molar-refractivity contribution in [1.29, 1.82) is 0 Å². The minimum Gasteiger partial charge on any atom is -0.463 e. The van der Waals surface area contributed by atoms with Crippen molar-refractivity contribution in [3.8, 4) is 0 Å². The predicted octanol–water partition coefficient (Wildman–Crippen LogP) is 3.50. The Bertz CT molecular complexity index is 1050. The van der Waals surface area contributed by atoms with Gasteiger partial charge in [-0.3, -0.25) is 0 Å². The van der Waals surface area contributed by atoms with Gasteiger partial charge in [0, 0.05) is 18.7 Å². The number of sulfonamides is 1. The lowest BCUT2D eigenvalue weighted by Gasteiger charge is -2.30. The third-order valence-electron chi connectivity index (χ3n) is 4.88. The summed E-state index contributed by atoms with van der Waals surface area (Å²) in [6.07, 6.45) is 3.02. The van der Waals surface area contributed by atoms with Gasteiger partial charge in [-0.25, -0.2) is 18.0 Å². The predicted molar refractivity (Wildman–Crippen MR) is 108 cm³/mol. The number of esters is 2. The Kier molecular flexibility index (Phi) is 6.84. The zero-order valence-electron chi connectivity index (χ0n) is 16.6. The smallest absolute Gasteiger partial charge is 0.374 e. The second kappa shape index (κ2) is 9.20. The molecule has 30 heavy (non-hydrogen) atoms. The summed E-state index contributed by atoms with van der Waals surface area (Å²) in [7, 11) is -2.64. The minimum atomic E-state index is -3.84. The van der Waals surface area contributed by atoms with E-state index in [2.05, 4.69) is 4.74 Å². The molecule has 2 heterocycles. The number of hydrogen-bond donors (Lipinski definition) is 0. The molecule has 2 aromatic rings. The van der Waals surface area contributed by atoms with Gasteiger partial charge in [-0.1, -0.05) is 18.5 Å². The Morgan fingerprint density at radius 1 is 1.27 bits per heavy atom. The van der Waals surface area contributed by atoms with Gasteiger partial charge in [0.15, 0.2) is 0 Å². The van der Waals surface area contributed by atoms with E-state index < -0.39 is 22.0 Å². The topological polar surface area (TPSA) is 103 Å². The first kappa shape index (κ1) is 22.3. The van der Waals surface area contributed by atoms with Crippen molar-refractivity contribution in [3.63, 3.8) is 0 Å². The van der Waals surface area contributed by atoms with E-state index in [0.717, 1.165) is 12.8 Å². The molecule has 8 nitrogen and oxygen atoms in total. The van der Waals surface area contributed by atoms with Crippen molar-refractivity contribution in [2.45, 2.75) is 31.3 Å². The Labute approximate surface area is 179 Å². The number of carbonyl (C=O) groups is 2. The number of hydrogen-bond acceptors (Lipinski definition) is 7. The number of nitrogens with zero attached hydrogens (tertiary/aromatic N) is 1. The number of piperidine rings is 1. The van der Waals surface area contributed by atoms with Gasteiger partial charge in [-0.15, -0.1) is 0 Å². The van der Waals surface area contributed by atoms with Gasteiger partial charge in [-0.05, 0) is 43.0 Å². The molecule has 3 rings (SSSR count). The normalized spacial score (nSPS) is 17.5. The molecule has 162 valence electrons. The van der Waals surface area contributed by atoms with Crippen LogP contribution in [-0.2, 0) is 26.1 Å². The highest BCUT2D eigenvalue weighted by Crippen LogP contribution is 2.29. The first-order valence-corrected chi connectivity index (χ1v) is 11.2. The Morgan fingerprint density at radius 3 is 2.73 bits per heavy atom. The van der Waals surface area contributed by atoms with Gasteiger partial charge in [0.25, 0.3) is 0 Å². The van der Waals surface area contributed by atoms with Crippen LogP contribution in [-0.4, -0.2) is 44.9 Å². The van der Waals surface area contributed by atoms with Crippen LogP contribution in [0.25, 0.3) is 0 Å². The molecule has 1 saturated heterocycles. The van der Waals surface area contributed by atoms with E-state index in [1.807, 2.05) is 6.92 Å². The van der Waals surface area contributed by atoms with Gasteiger partial charge < -0.3 is 13.9 Å². The molecule has 1 aliphatic rings. The monoisotopic (exact) mass is 455 g/mol. The molecule has 1 unspecified atom stereocenters. The summed E-state index contributed by atoms with van der Waals surface area (Å²) in [5.74, 6) is -1.27. The zero-order valence-corrected chi connectivity index (χ0v) is 18.2.